The Morgan fingerprint density at radius 3 is 2.48 bits per heavy atom. The molecule has 0 aliphatic rings. The Kier molecular flexibility index (Phi) is 4.91. The average Bonchev–Trinajstić information content (AvgIpc) is 3.54. The summed E-state index contributed by atoms with van der Waals surface area (Å²) in [4.78, 5) is 24.5. The number of nitrogens with two attached hydrogens (primary N) is 2. The minimum absolute atomic E-state index is 0.118. The summed E-state index contributed by atoms with van der Waals surface area (Å²) in [5, 5.41) is 19.3. The average molecular weight is 481 g/mol. The molecule has 7 nitrogen and oxygen atoms in total. The maximum atomic E-state index is 13.0. The van der Waals surface area contributed by atoms with E-state index >= 15 is 0 Å². The highest BCUT2D eigenvalue weighted by atomic mass is 32.1. The van der Waals surface area contributed by atoms with Gasteiger partial charge >= 0.3 is 0 Å². The van der Waals surface area contributed by atoms with E-state index in [-0.39, 0.29) is 23.0 Å². The predicted molar refractivity (Wildman–Crippen MR) is 130 cm³/mol. The molecule has 0 aromatic carbocycles. The highest BCUT2D eigenvalue weighted by molar-refractivity contribution is 7.21. The molecular formula is C20H12N6OS4. The van der Waals surface area contributed by atoms with Crippen LogP contribution >= 0.6 is 45.3 Å². The van der Waals surface area contributed by atoms with Crippen molar-refractivity contribution in [3.05, 3.63) is 50.8 Å². The van der Waals surface area contributed by atoms with Gasteiger partial charge < -0.3 is 11.5 Å². The molecule has 5 N–H and O–H groups in total. The van der Waals surface area contributed by atoms with Gasteiger partial charge in [-0.3, -0.25) is 10.1 Å². The molecule has 5 aromatic rings. The molecule has 0 aliphatic heterocycles. The first-order valence-corrected chi connectivity index (χ1v) is 12.3. The summed E-state index contributed by atoms with van der Waals surface area (Å²) < 4.78 is 0. The monoisotopic (exact) mass is 480 g/mol. The number of hydrogen-bond donors (Lipinski definition) is 3. The van der Waals surface area contributed by atoms with Crippen molar-refractivity contribution in [3.8, 4) is 27.1 Å². The number of thiazole rings is 1. The predicted octanol–water partition coefficient (Wildman–Crippen LogP) is 5.50. The molecule has 11 heteroatoms. The third-order valence-electron chi connectivity index (χ3n) is 4.49. The van der Waals surface area contributed by atoms with Crippen LogP contribution in [-0.2, 0) is 0 Å². The second-order valence-corrected chi connectivity index (χ2v) is 10.1. The fraction of sp³-hybridized carbons (Fsp3) is 0. The zero-order valence-corrected chi connectivity index (χ0v) is 18.8. The second-order valence-electron chi connectivity index (χ2n) is 6.33. The van der Waals surface area contributed by atoms with Crippen LogP contribution in [0.1, 0.15) is 15.2 Å². The summed E-state index contributed by atoms with van der Waals surface area (Å²) in [7, 11) is 0. The number of thiophene rings is 3. The number of amides is 1. The van der Waals surface area contributed by atoms with Crippen molar-refractivity contribution in [3.63, 3.8) is 0 Å². The smallest absolute Gasteiger partial charge is 0.269 e. The Balaban J connectivity index is 1.57. The molecule has 0 bridgehead atoms. The van der Waals surface area contributed by atoms with Crippen molar-refractivity contribution in [1.82, 2.24) is 9.97 Å². The van der Waals surface area contributed by atoms with Crippen molar-refractivity contribution >= 4 is 78.1 Å². The van der Waals surface area contributed by atoms with E-state index in [1.807, 2.05) is 40.4 Å². The van der Waals surface area contributed by atoms with Gasteiger partial charge in [0.2, 0.25) is 0 Å². The third-order valence-corrected chi connectivity index (χ3v) is 8.12. The number of nitrogen functional groups attached to an aromatic ring is 2. The summed E-state index contributed by atoms with van der Waals surface area (Å²) >= 11 is 5.54. The maximum Gasteiger partial charge on any atom is 0.269 e. The van der Waals surface area contributed by atoms with Crippen molar-refractivity contribution in [2.75, 3.05) is 16.8 Å². The van der Waals surface area contributed by atoms with Gasteiger partial charge in [0, 0.05) is 21.2 Å². The fourth-order valence-corrected chi connectivity index (χ4v) is 6.40. The summed E-state index contributed by atoms with van der Waals surface area (Å²) in [6.45, 7) is 0. The van der Waals surface area contributed by atoms with Crippen molar-refractivity contribution in [2.24, 2.45) is 0 Å². The molecule has 31 heavy (non-hydrogen) atoms. The summed E-state index contributed by atoms with van der Waals surface area (Å²) in [5.74, 6) is -0.256. The van der Waals surface area contributed by atoms with E-state index in [1.54, 1.807) is 11.3 Å². The lowest BCUT2D eigenvalue weighted by molar-refractivity contribution is 0.103. The van der Waals surface area contributed by atoms with Gasteiger partial charge in [-0.25, -0.2) is 9.97 Å². The number of anilines is 3. The third kappa shape index (κ3) is 3.35. The van der Waals surface area contributed by atoms with E-state index in [4.69, 9.17) is 11.5 Å². The molecule has 0 atom stereocenters. The number of nitriles is 1. The topological polar surface area (TPSA) is 131 Å². The lowest BCUT2D eigenvalue weighted by atomic mass is 10.0. The van der Waals surface area contributed by atoms with Crippen LogP contribution in [0.4, 0.5) is 16.6 Å². The summed E-state index contributed by atoms with van der Waals surface area (Å²) in [5.41, 5.74) is 14.4. The van der Waals surface area contributed by atoms with Crippen molar-refractivity contribution in [2.45, 2.75) is 0 Å². The molecule has 5 heterocycles. The first-order chi connectivity index (χ1) is 15.1. The number of fused-ring (bicyclic) bond motifs is 1. The van der Waals surface area contributed by atoms with Gasteiger partial charge in [-0.1, -0.05) is 12.1 Å². The number of nitrogens with zero attached hydrogens (tertiary/aromatic N) is 3. The van der Waals surface area contributed by atoms with Gasteiger partial charge in [-0.15, -0.1) is 45.3 Å². The van der Waals surface area contributed by atoms with Crippen LogP contribution in [0.15, 0.2) is 40.4 Å². The molecule has 0 radical (unpaired) electrons. The minimum atomic E-state index is -0.373. The standard InChI is InChI=1S/C20H12N6OS4/c21-7-9-13(12-4-2-6-29-12)14-15(22)16(31-19(14)25-17(9)23)18(27)26-20-24-10(8-30-20)11-3-1-5-28-11/h1-6,8H,22H2,(H2,23,25)(H,24,26,27). The SMILES string of the molecule is N#Cc1c(N)nc2sc(C(=O)Nc3nc(-c4cccs4)cs3)c(N)c2c1-c1cccs1. The molecular weight excluding hydrogens is 469 g/mol. The molecule has 0 saturated heterocycles. The van der Waals surface area contributed by atoms with Crippen molar-refractivity contribution < 1.29 is 4.79 Å². The van der Waals surface area contributed by atoms with E-state index in [9.17, 15) is 10.1 Å². The van der Waals surface area contributed by atoms with Crippen LogP contribution in [0.5, 0.6) is 0 Å². The Bertz CT molecular complexity index is 1460. The van der Waals surface area contributed by atoms with E-state index < -0.39 is 0 Å². The van der Waals surface area contributed by atoms with Crippen LogP contribution in [-0.4, -0.2) is 15.9 Å². The van der Waals surface area contributed by atoms with Gasteiger partial charge in [-0.05, 0) is 22.9 Å². The number of carbonyl (C=O) groups excluding carboxylic acids is 1. The van der Waals surface area contributed by atoms with E-state index in [1.165, 1.54) is 22.7 Å². The van der Waals surface area contributed by atoms with E-state index in [2.05, 4.69) is 21.4 Å². The molecule has 0 aliphatic carbocycles. The zero-order valence-electron chi connectivity index (χ0n) is 15.6. The highest BCUT2D eigenvalue weighted by Gasteiger charge is 2.25. The Hall–Kier alpha value is -3.30. The van der Waals surface area contributed by atoms with Gasteiger partial charge in [0.05, 0.1) is 16.3 Å². The Morgan fingerprint density at radius 2 is 1.81 bits per heavy atom. The quantitative estimate of drug-likeness (QED) is 0.311. The van der Waals surface area contributed by atoms with E-state index in [0.29, 0.717) is 25.8 Å². The van der Waals surface area contributed by atoms with Crippen LogP contribution in [0.25, 0.3) is 31.2 Å². The van der Waals surface area contributed by atoms with Gasteiger partial charge in [0.1, 0.15) is 27.2 Å². The number of aromatic nitrogens is 2. The van der Waals surface area contributed by atoms with Gasteiger partial charge in [0.15, 0.2) is 5.13 Å². The zero-order chi connectivity index (χ0) is 21.5. The second kappa shape index (κ2) is 7.75. The fourth-order valence-electron chi connectivity index (χ4n) is 3.14. The molecule has 0 unspecified atom stereocenters. The van der Waals surface area contributed by atoms with Gasteiger partial charge in [-0.2, -0.15) is 5.26 Å². The number of carbonyl (C=O) groups is 1. The number of rotatable bonds is 4. The molecule has 5 rings (SSSR count). The molecule has 1 amide bonds. The van der Waals surface area contributed by atoms with Crippen LogP contribution < -0.4 is 16.8 Å². The van der Waals surface area contributed by atoms with Crippen molar-refractivity contribution in [1.29, 1.82) is 5.26 Å². The molecule has 0 spiro atoms. The summed E-state index contributed by atoms with van der Waals surface area (Å²) in [6.07, 6.45) is 0. The molecule has 5 aromatic heterocycles. The van der Waals surface area contributed by atoms with Crippen LogP contribution in [0.3, 0.4) is 0 Å². The highest BCUT2D eigenvalue weighted by Crippen LogP contribution is 2.44. The molecule has 0 saturated carbocycles. The van der Waals surface area contributed by atoms with E-state index in [0.717, 1.165) is 26.8 Å². The normalized spacial score (nSPS) is 10.9. The number of hydrogen-bond acceptors (Lipinski definition) is 10. The Morgan fingerprint density at radius 1 is 1.06 bits per heavy atom. The Labute approximate surface area is 192 Å². The first-order valence-electron chi connectivity index (χ1n) is 8.83. The van der Waals surface area contributed by atoms with Gasteiger partial charge in [0.25, 0.3) is 5.91 Å². The largest absolute Gasteiger partial charge is 0.397 e. The maximum absolute atomic E-state index is 13.0. The lowest BCUT2D eigenvalue weighted by Gasteiger charge is -2.07. The molecule has 0 fully saturated rings. The van der Waals surface area contributed by atoms with Crippen LogP contribution in [0, 0.1) is 11.3 Å². The first kappa shape index (κ1) is 19.7. The summed E-state index contributed by atoms with van der Waals surface area (Å²) in [6, 6.07) is 9.83. The number of pyridine rings is 1. The lowest BCUT2D eigenvalue weighted by Crippen LogP contribution is -2.11. The molecule has 152 valence electrons. The minimum Gasteiger partial charge on any atom is -0.397 e. The number of nitrogens with one attached hydrogen (secondary N) is 1. The van der Waals surface area contributed by atoms with Crippen LogP contribution in [0.2, 0.25) is 0 Å².